The van der Waals surface area contributed by atoms with E-state index in [1.54, 1.807) is 7.05 Å². The van der Waals surface area contributed by atoms with Crippen LogP contribution in [0, 0.1) is 0 Å². The van der Waals surface area contributed by atoms with E-state index >= 15 is 0 Å². The largest absolute Gasteiger partial charge is 0.373 e. The highest BCUT2D eigenvalue weighted by molar-refractivity contribution is 5.77. The predicted octanol–water partition coefficient (Wildman–Crippen LogP) is 1.01. The van der Waals surface area contributed by atoms with Crippen molar-refractivity contribution in [2.75, 3.05) is 32.5 Å². The molecule has 98 valence electrons. The maximum atomic E-state index is 11.5. The second-order valence-electron chi connectivity index (χ2n) is 4.53. The molecule has 1 aliphatic heterocycles. The Labute approximate surface area is 108 Å². The number of nitrogens with one attached hydrogen (secondary N) is 2. The standard InChI is InChI=1S/C13H20N4O/c1-14-12-8-10(5-6-16-12)11-4-3-7-17(11)9-13(18)15-2/h5-6,8,11H,3-4,7,9H2,1-2H3,(H,14,16)(H,15,18). The topological polar surface area (TPSA) is 57.3 Å². The summed E-state index contributed by atoms with van der Waals surface area (Å²) in [5, 5.41) is 5.73. The Kier molecular flexibility index (Phi) is 4.15. The fraction of sp³-hybridized carbons (Fsp3) is 0.538. The number of aromatic nitrogens is 1. The molecular formula is C13H20N4O. The Hall–Kier alpha value is -1.62. The summed E-state index contributed by atoms with van der Waals surface area (Å²) in [5.74, 6) is 0.948. The Bertz CT molecular complexity index is 421. The minimum Gasteiger partial charge on any atom is -0.373 e. The summed E-state index contributed by atoms with van der Waals surface area (Å²) in [6.45, 7) is 1.45. The maximum absolute atomic E-state index is 11.5. The minimum atomic E-state index is 0.0739. The second-order valence-corrected chi connectivity index (χ2v) is 4.53. The number of nitrogens with zero attached hydrogens (tertiary/aromatic N) is 2. The first-order valence-corrected chi connectivity index (χ1v) is 6.33. The molecule has 1 unspecified atom stereocenters. The molecule has 0 aromatic carbocycles. The summed E-state index contributed by atoms with van der Waals surface area (Å²) in [6.07, 6.45) is 4.06. The van der Waals surface area contributed by atoms with Crippen LogP contribution in [0.15, 0.2) is 18.3 Å². The summed E-state index contributed by atoms with van der Waals surface area (Å²) in [6, 6.07) is 4.43. The summed E-state index contributed by atoms with van der Waals surface area (Å²) in [4.78, 5) is 17.9. The van der Waals surface area contributed by atoms with E-state index in [1.807, 2.05) is 19.3 Å². The van der Waals surface area contributed by atoms with Gasteiger partial charge in [0.2, 0.25) is 5.91 Å². The van der Waals surface area contributed by atoms with Crippen molar-refractivity contribution in [1.82, 2.24) is 15.2 Å². The highest BCUT2D eigenvalue weighted by Gasteiger charge is 2.27. The normalized spacial score (nSPS) is 19.8. The lowest BCUT2D eigenvalue weighted by Crippen LogP contribution is -2.35. The third kappa shape index (κ3) is 2.79. The molecule has 2 rings (SSSR count). The molecule has 1 fully saturated rings. The molecule has 0 bridgehead atoms. The van der Waals surface area contributed by atoms with Crippen molar-refractivity contribution in [2.45, 2.75) is 18.9 Å². The number of likely N-dealkylation sites (N-methyl/N-ethyl adjacent to an activating group) is 1. The molecule has 1 aliphatic rings. The van der Waals surface area contributed by atoms with Gasteiger partial charge in [0.25, 0.3) is 0 Å². The molecule has 18 heavy (non-hydrogen) atoms. The zero-order valence-electron chi connectivity index (χ0n) is 10.9. The quantitative estimate of drug-likeness (QED) is 0.835. The number of likely N-dealkylation sites (tertiary alicyclic amines) is 1. The van der Waals surface area contributed by atoms with E-state index in [4.69, 9.17) is 0 Å². The molecule has 1 saturated heterocycles. The fourth-order valence-electron chi connectivity index (χ4n) is 2.45. The number of amides is 1. The van der Waals surface area contributed by atoms with Gasteiger partial charge in [-0.15, -0.1) is 0 Å². The molecule has 5 nitrogen and oxygen atoms in total. The van der Waals surface area contributed by atoms with Crippen molar-refractivity contribution >= 4 is 11.7 Å². The molecule has 0 aliphatic carbocycles. The van der Waals surface area contributed by atoms with Gasteiger partial charge in [-0.2, -0.15) is 0 Å². The number of rotatable bonds is 4. The molecule has 5 heteroatoms. The third-order valence-corrected chi connectivity index (χ3v) is 3.41. The highest BCUT2D eigenvalue weighted by Crippen LogP contribution is 2.31. The number of carbonyl (C=O) groups excluding carboxylic acids is 1. The van der Waals surface area contributed by atoms with Crippen molar-refractivity contribution in [2.24, 2.45) is 0 Å². The molecule has 1 aromatic heterocycles. The SMILES string of the molecule is CNC(=O)CN1CCCC1c1ccnc(NC)c1. The van der Waals surface area contributed by atoms with Crippen molar-refractivity contribution in [1.29, 1.82) is 0 Å². The van der Waals surface area contributed by atoms with Gasteiger partial charge in [0.05, 0.1) is 6.54 Å². The summed E-state index contributed by atoms with van der Waals surface area (Å²) >= 11 is 0. The third-order valence-electron chi connectivity index (χ3n) is 3.41. The minimum absolute atomic E-state index is 0.0739. The van der Waals surface area contributed by atoms with Crippen molar-refractivity contribution < 1.29 is 4.79 Å². The molecule has 1 aromatic rings. The van der Waals surface area contributed by atoms with E-state index in [9.17, 15) is 4.79 Å². The number of anilines is 1. The summed E-state index contributed by atoms with van der Waals surface area (Å²) < 4.78 is 0. The lowest BCUT2D eigenvalue weighted by atomic mass is 10.1. The molecule has 2 heterocycles. The monoisotopic (exact) mass is 248 g/mol. The fourth-order valence-corrected chi connectivity index (χ4v) is 2.45. The Morgan fingerprint density at radius 1 is 1.56 bits per heavy atom. The average molecular weight is 248 g/mol. The van der Waals surface area contributed by atoms with Crippen LogP contribution in [0.2, 0.25) is 0 Å². The van der Waals surface area contributed by atoms with E-state index in [-0.39, 0.29) is 5.91 Å². The van der Waals surface area contributed by atoms with Crippen molar-refractivity contribution in [3.8, 4) is 0 Å². The van der Waals surface area contributed by atoms with Crippen molar-refractivity contribution in [3.05, 3.63) is 23.9 Å². The molecule has 0 radical (unpaired) electrons. The van der Waals surface area contributed by atoms with Gasteiger partial charge >= 0.3 is 0 Å². The van der Waals surface area contributed by atoms with Crippen LogP contribution in [-0.4, -0.2) is 43.0 Å². The van der Waals surface area contributed by atoms with Gasteiger partial charge in [-0.1, -0.05) is 0 Å². The van der Waals surface area contributed by atoms with Crippen LogP contribution in [0.4, 0.5) is 5.82 Å². The van der Waals surface area contributed by atoms with Crippen LogP contribution in [0.25, 0.3) is 0 Å². The van der Waals surface area contributed by atoms with Crippen LogP contribution >= 0.6 is 0 Å². The number of carbonyl (C=O) groups is 1. The Balaban J connectivity index is 2.12. The highest BCUT2D eigenvalue weighted by atomic mass is 16.1. The Morgan fingerprint density at radius 2 is 2.39 bits per heavy atom. The van der Waals surface area contributed by atoms with Gasteiger partial charge < -0.3 is 10.6 Å². The first-order chi connectivity index (χ1) is 8.74. The molecule has 2 N–H and O–H groups in total. The van der Waals surface area contributed by atoms with Crippen LogP contribution in [0.5, 0.6) is 0 Å². The number of pyridine rings is 1. The van der Waals surface area contributed by atoms with Gasteiger partial charge in [-0.05, 0) is 37.1 Å². The lowest BCUT2D eigenvalue weighted by molar-refractivity contribution is -0.122. The zero-order chi connectivity index (χ0) is 13.0. The first kappa shape index (κ1) is 12.8. The summed E-state index contributed by atoms with van der Waals surface area (Å²) in [5.41, 5.74) is 1.23. The molecule has 0 spiro atoms. The smallest absolute Gasteiger partial charge is 0.233 e. The lowest BCUT2D eigenvalue weighted by Gasteiger charge is -2.24. The van der Waals surface area contributed by atoms with E-state index < -0.39 is 0 Å². The van der Waals surface area contributed by atoms with Gasteiger partial charge in [0.1, 0.15) is 5.82 Å². The molecule has 0 saturated carbocycles. The average Bonchev–Trinajstić information content (AvgIpc) is 2.86. The van der Waals surface area contributed by atoms with E-state index in [1.165, 1.54) is 5.56 Å². The van der Waals surface area contributed by atoms with Gasteiger partial charge in [-0.25, -0.2) is 4.98 Å². The van der Waals surface area contributed by atoms with Crippen LogP contribution < -0.4 is 10.6 Å². The van der Waals surface area contributed by atoms with Crippen LogP contribution in [0.3, 0.4) is 0 Å². The van der Waals surface area contributed by atoms with Gasteiger partial charge in [-0.3, -0.25) is 9.69 Å². The van der Waals surface area contributed by atoms with E-state index in [0.717, 1.165) is 25.2 Å². The number of hydrogen-bond donors (Lipinski definition) is 2. The molecular weight excluding hydrogens is 228 g/mol. The number of hydrogen-bond acceptors (Lipinski definition) is 4. The molecule has 1 amide bonds. The first-order valence-electron chi connectivity index (χ1n) is 6.33. The van der Waals surface area contributed by atoms with Gasteiger partial charge in [0, 0.05) is 26.3 Å². The van der Waals surface area contributed by atoms with E-state index in [0.29, 0.717) is 12.6 Å². The van der Waals surface area contributed by atoms with Gasteiger partial charge in [0.15, 0.2) is 0 Å². The summed E-state index contributed by atoms with van der Waals surface area (Å²) in [7, 11) is 3.54. The van der Waals surface area contributed by atoms with Crippen molar-refractivity contribution in [3.63, 3.8) is 0 Å². The Morgan fingerprint density at radius 3 is 3.11 bits per heavy atom. The zero-order valence-corrected chi connectivity index (χ0v) is 10.9. The molecule has 1 atom stereocenters. The van der Waals surface area contributed by atoms with E-state index in [2.05, 4.69) is 26.6 Å². The van der Waals surface area contributed by atoms with Crippen LogP contribution in [-0.2, 0) is 4.79 Å². The maximum Gasteiger partial charge on any atom is 0.233 e. The van der Waals surface area contributed by atoms with Crippen LogP contribution in [0.1, 0.15) is 24.4 Å². The predicted molar refractivity (Wildman–Crippen MR) is 71.4 cm³/mol. The second kappa shape index (κ2) is 5.82.